The predicted molar refractivity (Wildman–Crippen MR) is 146 cm³/mol. The van der Waals surface area contributed by atoms with Crippen LogP contribution >= 0.6 is 11.8 Å². The number of esters is 1. The molecule has 3 amide bonds. The SMILES string of the molecule is COC(=O)c1ccc(-n2c(C)cc(/C=C3\SC(=O)N(CC(=O)Nc4cc(C(F)(F)F)ccc4OC)C3=O)c2C)cc1. The van der Waals surface area contributed by atoms with Gasteiger partial charge in [-0.05, 0) is 85.8 Å². The van der Waals surface area contributed by atoms with Crippen LogP contribution in [0, 0.1) is 13.8 Å². The van der Waals surface area contributed by atoms with Gasteiger partial charge in [0.05, 0.1) is 35.9 Å². The number of imide groups is 1. The maximum absolute atomic E-state index is 13.1. The van der Waals surface area contributed by atoms with Crippen LogP contribution in [0.4, 0.5) is 23.7 Å². The molecule has 1 saturated heterocycles. The Balaban J connectivity index is 1.52. The first-order chi connectivity index (χ1) is 19.3. The topological polar surface area (TPSA) is 107 Å². The summed E-state index contributed by atoms with van der Waals surface area (Å²) in [6.07, 6.45) is -3.11. The molecule has 0 bridgehead atoms. The fraction of sp³-hybridized carbons (Fsp3) is 0.214. The molecule has 41 heavy (non-hydrogen) atoms. The normalized spacial score (nSPS) is 14.5. The Morgan fingerprint density at radius 2 is 1.71 bits per heavy atom. The van der Waals surface area contributed by atoms with Crippen LogP contribution in [0.3, 0.4) is 0 Å². The molecular weight excluding hydrogens is 563 g/mol. The fourth-order valence-electron chi connectivity index (χ4n) is 4.29. The minimum Gasteiger partial charge on any atom is -0.495 e. The summed E-state index contributed by atoms with van der Waals surface area (Å²) < 4.78 is 51.0. The summed E-state index contributed by atoms with van der Waals surface area (Å²) >= 11 is 0.650. The maximum Gasteiger partial charge on any atom is 0.416 e. The van der Waals surface area contributed by atoms with Gasteiger partial charge in [-0.1, -0.05) is 0 Å². The molecule has 1 aliphatic heterocycles. The van der Waals surface area contributed by atoms with Crippen molar-refractivity contribution >= 4 is 46.5 Å². The van der Waals surface area contributed by atoms with Gasteiger partial charge in [0.2, 0.25) is 5.91 Å². The maximum atomic E-state index is 13.1. The van der Waals surface area contributed by atoms with Crippen molar-refractivity contribution in [2.75, 3.05) is 26.1 Å². The van der Waals surface area contributed by atoms with Gasteiger partial charge < -0.3 is 19.4 Å². The summed E-state index contributed by atoms with van der Waals surface area (Å²) in [7, 11) is 2.53. The number of benzene rings is 2. The van der Waals surface area contributed by atoms with E-state index in [-0.39, 0.29) is 16.3 Å². The number of hydrogen-bond donors (Lipinski definition) is 1. The quantitative estimate of drug-likeness (QED) is 0.284. The molecule has 4 rings (SSSR count). The molecule has 1 aromatic heterocycles. The highest BCUT2D eigenvalue weighted by Crippen LogP contribution is 2.36. The molecular formula is C28H24F3N3O6S. The molecule has 0 atom stereocenters. The van der Waals surface area contributed by atoms with E-state index in [2.05, 4.69) is 5.32 Å². The Hall–Kier alpha value is -4.52. The van der Waals surface area contributed by atoms with E-state index >= 15 is 0 Å². The third-order valence-corrected chi connectivity index (χ3v) is 7.19. The second kappa shape index (κ2) is 11.5. The van der Waals surface area contributed by atoms with Crippen LogP contribution < -0.4 is 10.1 Å². The summed E-state index contributed by atoms with van der Waals surface area (Å²) in [5.74, 6) is -2.06. The summed E-state index contributed by atoms with van der Waals surface area (Å²) in [6.45, 7) is 2.98. The zero-order chi connectivity index (χ0) is 30.1. The zero-order valence-corrected chi connectivity index (χ0v) is 23.1. The number of carbonyl (C=O) groups is 4. The lowest BCUT2D eigenvalue weighted by Crippen LogP contribution is -2.36. The molecule has 2 aromatic carbocycles. The Morgan fingerprint density at radius 3 is 2.32 bits per heavy atom. The van der Waals surface area contributed by atoms with Crippen molar-refractivity contribution in [2.45, 2.75) is 20.0 Å². The van der Waals surface area contributed by atoms with Crippen molar-refractivity contribution in [1.82, 2.24) is 9.47 Å². The molecule has 0 unspecified atom stereocenters. The second-order valence-electron chi connectivity index (χ2n) is 8.93. The number of thioether (sulfide) groups is 1. The molecule has 1 aliphatic rings. The molecule has 0 spiro atoms. The minimum atomic E-state index is -4.65. The molecule has 2 heterocycles. The molecule has 0 radical (unpaired) electrons. The molecule has 1 fully saturated rings. The van der Waals surface area contributed by atoms with Crippen LogP contribution in [0.1, 0.15) is 32.9 Å². The molecule has 214 valence electrons. The van der Waals surface area contributed by atoms with Crippen molar-refractivity contribution in [2.24, 2.45) is 0 Å². The number of methoxy groups -OCH3 is 2. The minimum absolute atomic E-state index is 0.0179. The van der Waals surface area contributed by atoms with E-state index in [9.17, 15) is 32.3 Å². The number of nitrogens with zero attached hydrogens (tertiary/aromatic N) is 2. The van der Waals surface area contributed by atoms with Crippen molar-refractivity contribution in [3.63, 3.8) is 0 Å². The third-order valence-electron chi connectivity index (χ3n) is 6.28. The van der Waals surface area contributed by atoms with Crippen LogP contribution in [0.5, 0.6) is 5.75 Å². The van der Waals surface area contributed by atoms with Crippen LogP contribution in [-0.4, -0.2) is 53.3 Å². The van der Waals surface area contributed by atoms with Gasteiger partial charge in [-0.2, -0.15) is 13.2 Å². The van der Waals surface area contributed by atoms with Gasteiger partial charge in [-0.25, -0.2) is 4.79 Å². The van der Waals surface area contributed by atoms with E-state index < -0.39 is 41.3 Å². The Kier molecular flexibility index (Phi) is 8.29. The third kappa shape index (κ3) is 6.14. The highest BCUT2D eigenvalue weighted by Gasteiger charge is 2.37. The molecule has 9 nitrogen and oxygen atoms in total. The second-order valence-corrected chi connectivity index (χ2v) is 9.92. The predicted octanol–water partition coefficient (Wildman–Crippen LogP) is 5.58. The summed E-state index contributed by atoms with van der Waals surface area (Å²) in [5, 5.41) is 1.59. The number of nitrogens with one attached hydrogen (secondary N) is 1. The lowest BCUT2D eigenvalue weighted by atomic mass is 10.1. The number of hydrogen-bond acceptors (Lipinski definition) is 7. The van der Waals surface area contributed by atoms with Crippen LogP contribution in [-0.2, 0) is 20.5 Å². The van der Waals surface area contributed by atoms with E-state index in [0.717, 1.165) is 34.1 Å². The Labute approximate surface area is 236 Å². The first kappa shape index (κ1) is 29.5. The molecule has 13 heteroatoms. The largest absolute Gasteiger partial charge is 0.495 e. The number of anilines is 1. The van der Waals surface area contributed by atoms with E-state index in [1.165, 1.54) is 14.2 Å². The highest BCUT2D eigenvalue weighted by atomic mass is 32.2. The van der Waals surface area contributed by atoms with Gasteiger partial charge in [0.1, 0.15) is 12.3 Å². The number of aryl methyl sites for hydroxylation is 1. The van der Waals surface area contributed by atoms with Crippen molar-refractivity contribution in [3.05, 3.63) is 81.5 Å². The van der Waals surface area contributed by atoms with Crippen molar-refractivity contribution in [1.29, 1.82) is 0 Å². The first-order valence-corrected chi connectivity index (χ1v) is 12.8. The summed E-state index contributed by atoms with van der Waals surface area (Å²) in [6, 6.07) is 11.2. The van der Waals surface area contributed by atoms with Crippen molar-refractivity contribution in [3.8, 4) is 11.4 Å². The smallest absolute Gasteiger partial charge is 0.416 e. The van der Waals surface area contributed by atoms with Gasteiger partial charge in [0.15, 0.2) is 0 Å². The zero-order valence-electron chi connectivity index (χ0n) is 22.3. The number of alkyl halides is 3. The van der Waals surface area contributed by atoms with E-state index in [1.807, 2.05) is 24.5 Å². The van der Waals surface area contributed by atoms with Gasteiger partial charge >= 0.3 is 12.1 Å². The van der Waals surface area contributed by atoms with Crippen LogP contribution in [0.25, 0.3) is 11.8 Å². The Bertz CT molecular complexity index is 1580. The van der Waals surface area contributed by atoms with E-state index in [0.29, 0.717) is 29.0 Å². The van der Waals surface area contributed by atoms with Gasteiger partial charge in [-0.3, -0.25) is 19.3 Å². The van der Waals surface area contributed by atoms with Crippen LogP contribution in [0.2, 0.25) is 0 Å². The Morgan fingerprint density at radius 1 is 1.02 bits per heavy atom. The highest BCUT2D eigenvalue weighted by molar-refractivity contribution is 8.18. The summed E-state index contributed by atoms with van der Waals surface area (Å²) in [4.78, 5) is 50.8. The number of carbonyl (C=O) groups excluding carboxylic acids is 4. The lowest BCUT2D eigenvalue weighted by Gasteiger charge is -2.16. The van der Waals surface area contributed by atoms with Crippen LogP contribution in [0.15, 0.2) is 53.4 Å². The molecule has 0 aliphatic carbocycles. The standard InChI is InChI=1S/C28H24F3N3O6S/c1-15-11-18(16(2)34(15)20-8-5-17(6-9-20)26(37)40-4)12-23-25(36)33(27(38)41-23)14-24(35)32-21-13-19(28(29,30)31)7-10-22(21)39-3/h5-13H,14H2,1-4H3,(H,32,35)/b23-12-. The molecule has 0 saturated carbocycles. The van der Waals surface area contributed by atoms with Gasteiger partial charge in [0, 0.05) is 17.1 Å². The van der Waals surface area contributed by atoms with E-state index in [1.54, 1.807) is 30.3 Å². The van der Waals surface area contributed by atoms with Gasteiger partial charge in [-0.15, -0.1) is 0 Å². The molecule has 1 N–H and O–H groups in total. The number of aromatic nitrogens is 1. The average Bonchev–Trinajstić information content (AvgIpc) is 3.36. The number of amides is 3. The average molecular weight is 588 g/mol. The molecule has 3 aromatic rings. The monoisotopic (exact) mass is 587 g/mol. The lowest BCUT2D eigenvalue weighted by molar-refractivity contribution is -0.137. The summed E-state index contributed by atoms with van der Waals surface area (Å²) in [5.41, 5.74) is 2.15. The van der Waals surface area contributed by atoms with Crippen molar-refractivity contribution < 1.29 is 41.8 Å². The fourth-order valence-corrected chi connectivity index (χ4v) is 5.12. The number of rotatable bonds is 7. The number of ether oxygens (including phenoxy) is 2. The van der Waals surface area contributed by atoms with Gasteiger partial charge in [0.25, 0.3) is 11.1 Å². The number of halogens is 3. The van der Waals surface area contributed by atoms with E-state index in [4.69, 9.17) is 9.47 Å². The first-order valence-electron chi connectivity index (χ1n) is 12.0.